The summed E-state index contributed by atoms with van der Waals surface area (Å²) >= 11 is 0. The van der Waals surface area contributed by atoms with E-state index in [2.05, 4.69) is 20.1 Å². The van der Waals surface area contributed by atoms with Crippen LogP contribution in [0, 0.1) is 0 Å². The summed E-state index contributed by atoms with van der Waals surface area (Å²) in [6.45, 7) is 3.24. The summed E-state index contributed by atoms with van der Waals surface area (Å²) in [6.07, 6.45) is 0. The number of piperazine rings is 1. The third kappa shape index (κ3) is 5.10. The molecular weight excluding hydrogens is 422 g/mol. The van der Waals surface area contributed by atoms with Crippen molar-refractivity contribution in [2.75, 3.05) is 53.6 Å². The van der Waals surface area contributed by atoms with Crippen molar-refractivity contribution in [2.45, 2.75) is 0 Å². The van der Waals surface area contributed by atoms with Gasteiger partial charge in [0.1, 0.15) is 22.9 Å². The lowest BCUT2D eigenvalue weighted by Crippen LogP contribution is -2.49. The first-order valence-corrected chi connectivity index (χ1v) is 10.8. The summed E-state index contributed by atoms with van der Waals surface area (Å²) in [5.74, 6) is 1.28. The molecular formula is C24H27N5O4. The lowest BCUT2D eigenvalue weighted by Gasteiger charge is -2.33. The summed E-state index contributed by atoms with van der Waals surface area (Å²) < 4.78 is 10.5. The molecule has 1 aliphatic heterocycles. The molecule has 1 fully saturated rings. The highest BCUT2D eigenvalue weighted by molar-refractivity contribution is 5.91. The number of hydrogen-bond acceptors (Lipinski definition) is 8. The molecule has 1 aromatic heterocycles. The van der Waals surface area contributed by atoms with Gasteiger partial charge in [-0.25, -0.2) is 4.98 Å². The van der Waals surface area contributed by atoms with Crippen LogP contribution >= 0.6 is 0 Å². The second-order valence-electron chi connectivity index (χ2n) is 7.65. The zero-order valence-electron chi connectivity index (χ0n) is 18.8. The van der Waals surface area contributed by atoms with Crippen LogP contribution in [0.2, 0.25) is 0 Å². The molecule has 3 aromatic rings. The Balaban J connectivity index is 1.67. The molecule has 0 atom stereocenters. The average molecular weight is 450 g/mol. The lowest BCUT2D eigenvalue weighted by molar-refractivity contribution is 0.0602. The van der Waals surface area contributed by atoms with E-state index < -0.39 is 0 Å². The zero-order valence-corrected chi connectivity index (χ0v) is 18.8. The van der Waals surface area contributed by atoms with E-state index in [4.69, 9.17) is 14.6 Å². The number of methoxy groups -OCH3 is 2. The number of rotatable bonds is 7. The predicted molar refractivity (Wildman–Crippen MR) is 123 cm³/mol. The van der Waals surface area contributed by atoms with E-state index in [0.29, 0.717) is 44.1 Å². The van der Waals surface area contributed by atoms with Gasteiger partial charge in [-0.15, -0.1) is 10.2 Å². The number of carbonyl (C=O) groups is 1. The molecule has 0 saturated carbocycles. The van der Waals surface area contributed by atoms with Crippen molar-refractivity contribution in [3.63, 3.8) is 0 Å². The second-order valence-corrected chi connectivity index (χ2v) is 7.65. The summed E-state index contributed by atoms with van der Waals surface area (Å²) in [7, 11) is 3.23. The van der Waals surface area contributed by atoms with Crippen molar-refractivity contribution in [1.29, 1.82) is 0 Å². The number of aromatic nitrogens is 3. The molecule has 0 radical (unpaired) electrons. The summed E-state index contributed by atoms with van der Waals surface area (Å²) in [5.41, 5.74) is 2.77. The van der Waals surface area contributed by atoms with E-state index in [9.17, 15) is 4.79 Å². The fourth-order valence-corrected chi connectivity index (χ4v) is 3.77. The maximum absolute atomic E-state index is 13.1. The number of aliphatic hydroxyl groups excluding tert-OH is 1. The van der Waals surface area contributed by atoms with Crippen LogP contribution in [0.3, 0.4) is 0 Å². The van der Waals surface area contributed by atoms with Crippen molar-refractivity contribution in [3.8, 4) is 34.0 Å². The molecule has 2 aromatic carbocycles. The van der Waals surface area contributed by atoms with E-state index in [1.165, 1.54) is 0 Å². The number of β-amino-alcohol motifs (C(OH)–C–C–N with tert-alkyl or cyclic N) is 1. The van der Waals surface area contributed by atoms with Gasteiger partial charge in [-0.1, -0.05) is 0 Å². The van der Waals surface area contributed by atoms with Gasteiger partial charge in [0, 0.05) is 43.9 Å². The van der Waals surface area contributed by atoms with Crippen LogP contribution < -0.4 is 9.47 Å². The third-order valence-corrected chi connectivity index (χ3v) is 5.68. The first kappa shape index (κ1) is 22.6. The Hall–Kier alpha value is -3.56. The van der Waals surface area contributed by atoms with Crippen molar-refractivity contribution in [2.24, 2.45) is 0 Å². The van der Waals surface area contributed by atoms with Crippen LogP contribution in [-0.4, -0.2) is 89.5 Å². The van der Waals surface area contributed by atoms with Crippen LogP contribution in [0.15, 0.2) is 48.5 Å². The summed E-state index contributed by atoms with van der Waals surface area (Å²) in [6, 6.07) is 14.9. The van der Waals surface area contributed by atoms with Gasteiger partial charge < -0.3 is 19.5 Å². The fourth-order valence-electron chi connectivity index (χ4n) is 3.77. The van der Waals surface area contributed by atoms with Crippen molar-refractivity contribution >= 4 is 5.91 Å². The van der Waals surface area contributed by atoms with Gasteiger partial charge in [-0.3, -0.25) is 9.69 Å². The van der Waals surface area contributed by atoms with Crippen molar-refractivity contribution in [3.05, 3.63) is 54.4 Å². The first-order valence-electron chi connectivity index (χ1n) is 10.8. The smallest absolute Gasteiger partial charge is 0.293 e. The number of carbonyl (C=O) groups excluding carboxylic acids is 1. The van der Waals surface area contributed by atoms with Crippen LogP contribution in [0.1, 0.15) is 10.6 Å². The number of amides is 1. The molecule has 4 rings (SSSR count). The standard InChI is InChI=1S/C24H27N5O4/c1-32-19-7-3-17(4-8-19)21-22(18-5-9-20(33-2)10-6-18)26-27-23(25-21)24(31)29-13-11-28(12-14-29)15-16-30/h3-10,30H,11-16H2,1-2H3. The Morgan fingerprint density at radius 1 is 0.848 bits per heavy atom. The van der Waals surface area contributed by atoms with Gasteiger partial charge in [-0.05, 0) is 48.5 Å². The monoisotopic (exact) mass is 449 g/mol. The highest BCUT2D eigenvalue weighted by Crippen LogP contribution is 2.30. The van der Waals surface area contributed by atoms with E-state index in [1.54, 1.807) is 19.1 Å². The molecule has 1 aliphatic rings. The second kappa shape index (κ2) is 10.4. The Kier molecular flexibility index (Phi) is 7.11. The molecule has 1 amide bonds. The molecule has 1 saturated heterocycles. The Labute approximate surface area is 192 Å². The molecule has 0 aliphatic carbocycles. The molecule has 9 heteroatoms. The molecule has 9 nitrogen and oxygen atoms in total. The number of nitrogens with zero attached hydrogens (tertiary/aromatic N) is 5. The fraction of sp³-hybridized carbons (Fsp3) is 0.333. The van der Waals surface area contributed by atoms with Crippen molar-refractivity contribution in [1.82, 2.24) is 25.0 Å². The molecule has 33 heavy (non-hydrogen) atoms. The minimum atomic E-state index is -0.248. The maximum Gasteiger partial charge on any atom is 0.293 e. The largest absolute Gasteiger partial charge is 0.497 e. The molecule has 1 N–H and O–H groups in total. The van der Waals surface area contributed by atoms with E-state index in [1.807, 2.05) is 48.5 Å². The van der Waals surface area contributed by atoms with Gasteiger partial charge in [0.05, 0.1) is 20.8 Å². The minimum Gasteiger partial charge on any atom is -0.497 e. The minimum absolute atomic E-state index is 0.0636. The van der Waals surface area contributed by atoms with E-state index in [0.717, 1.165) is 22.6 Å². The predicted octanol–water partition coefficient (Wildman–Crippen LogP) is 1.97. The number of aliphatic hydroxyl groups is 1. The number of hydrogen-bond donors (Lipinski definition) is 1. The van der Waals surface area contributed by atoms with Crippen LogP contribution in [-0.2, 0) is 0 Å². The molecule has 0 spiro atoms. The zero-order chi connectivity index (χ0) is 23.2. The number of benzene rings is 2. The van der Waals surface area contributed by atoms with E-state index in [-0.39, 0.29) is 18.3 Å². The van der Waals surface area contributed by atoms with Crippen LogP contribution in [0.4, 0.5) is 0 Å². The summed E-state index contributed by atoms with van der Waals surface area (Å²) in [4.78, 5) is 21.6. The average Bonchev–Trinajstić information content (AvgIpc) is 2.89. The normalized spacial score (nSPS) is 14.2. The quantitative estimate of drug-likeness (QED) is 0.584. The van der Waals surface area contributed by atoms with E-state index >= 15 is 0 Å². The first-order chi connectivity index (χ1) is 16.1. The molecule has 172 valence electrons. The lowest BCUT2D eigenvalue weighted by atomic mass is 10.0. The van der Waals surface area contributed by atoms with Gasteiger partial charge >= 0.3 is 0 Å². The van der Waals surface area contributed by atoms with Gasteiger partial charge in [-0.2, -0.15) is 0 Å². The molecule has 0 bridgehead atoms. The molecule has 2 heterocycles. The Bertz CT molecular complexity index is 1080. The third-order valence-electron chi connectivity index (χ3n) is 5.68. The molecule has 0 unspecified atom stereocenters. The topological polar surface area (TPSA) is 101 Å². The maximum atomic E-state index is 13.1. The summed E-state index contributed by atoms with van der Waals surface area (Å²) in [5, 5.41) is 17.7. The van der Waals surface area contributed by atoms with Crippen LogP contribution in [0.25, 0.3) is 22.5 Å². The van der Waals surface area contributed by atoms with Gasteiger partial charge in [0.2, 0.25) is 5.82 Å². The number of ether oxygens (including phenoxy) is 2. The van der Waals surface area contributed by atoms with Gasteiger partial charge in [0.25, 0.3) is 5.91 Å². The van der Waals surface area contributed by atoms with Crippen molar-refractivity contribution < 1.29 is 19.4 Å². The highest BCUT2D eigenvalue weighted by Gasteiger charge is 2.25. The SMILES string of the molecule is COc1ccc(-c2nnc(C(=O)N3CCN(CCO)CC3)nc2-c2ccc(OC)cc2)cc1. The van der Waals surface area contributed by atoms with Gasteiger partial charge in [0.15, 0.2) is 0 Å². The highest BCUT2D eigenvalue weighted by atomic mass is 16.5. The Morgan fingerprint density at radius 2 is 1.39 bits per heavy atom. The Morgan fingerprint density at radius 3 is 1.91 bits per heavy atom. The van der Waals surface area contributed by atoms with Crippen LogP contribution in [0.5, 0.6) is 11.5 Å².